The van der Waals surface area contributed by atoms with E-state index in [9.17, 15) is 4.79 Å². The highest BCUT2D eigenvalue weighted by molar-refractivity contribution is 5.77. The molecule has 2 atom stereocenters. The lowest BCUT2D eigenvalue weighted by molar-refractivity contribution is -0.121. The summed E-state index contributed by atoms with van der Waals surface area (Å²) in [5.41, 5.74) is 3.19. The number of benzene rings is 3. The van der Waals surface area contributed by atoms with Crippen LogP contribution in [0.25, 0.3) is 0 Å². The fourth-order valence-electron chi connectivity index (χ4n) is 4.67. The highest BCUT2D eigenvalue weighted by Crippen LogP contribution is 2.35. The molecular formula is C32H35NO4. The first-order valence-corrected chi connectivity index (χ1v) is 12.8. The third kappa shape index (κ3) is 7.04. The van der Waals surface area contributed by atoms with Gasteiger partial charge >= 0.3 is 0 Å². The molecule has 1 aromatic heterocycles. The number of furan rings is 1. The monoisotopic (exact) mass is 497 g/mol. The van der Waals surface area contributed by atoms with E-state index in [0.29, 0.717) is 13.0 Å². The lowest BCUT2D eigenvalue weighted by atomic mass is 9.87. The van der Waals surface area contributed by atoms with E-state index < -0.39 is 0 Å². The van der Waals surface area contributed by atoms with Gasteiger partial charge in [-0.3, -0.25) is 4.79 Å². The van der Waals surface area contributed by atoms with Crippen LogP contribution in [0.4, 0.5) is 0 Å². The van der Waals surface area contributed by atoms with Crippen LogP contribution in [-0.2, 0) is 4.79 Å². The molecule has 0 unspecified atom stereocenters. The van der Waals surface area contributed by atoms with Crippen molar-refractivity contribution in [1.82, 2.24) is 5.32 Å². The largest absolute Gasteiger partial charge is 0.496 e. The lowest BCUT2D eigenvalue weighted by Gasteiger charge is -2.21. The summed E-state index contributed by atoms with van der Waals surface area (Å²) in [6.45, 7) is 4.55. The number of amides is 1. The summed E-state index contributed by atoms with van der Waals surface area (Å²) >= 11 is 0. The van der Waals surface area contributed by atoms with Crippen molar-refractivity contribution >= 4 is 5.91 Å². The zero-order valence-corrected chi connectivity index (χ0v) is 21.7. The lowest BCUT2D eigenvalue weighted by Crippen LogP contribution is -2.27. The maximum Gasteiger partial charge on any atom is 0.220 e. The molecule has 0 bridgehead atoms. The molecule has 5 heteroatoms. The Morgan fingerprint density at radius 2 is 1.54 bits per heavy atom. The van der Waals surface area contributed by atoms with Crippen LogP contribution in [0.5, 0.6) is 11.5 Å². The molecule has 1 amide bonds. The van der Waals surface area contributed by atoms with Gasteiger partial charge < -0.3 is 19.2 Å². The minimum absolute atomic E-state index is 0.00957. The molecule has 0 radical (unpaired) electrons. The second-order valence-corrected chi connectivity index (χ2v) is 9.35. The van der Waals surface area contributed by atoms with Crippen LogP contribution < -0.4 is 14.8 Å². The third-order valence-corrected chi connectivity index (χ3v) is 6.40. The minimum Gasteiger partial charge on any atom is -0.496 e. The molecule has 37 heavy (non-hydrogen) atoms. The van der Waals surface area contributed by atoms with E-state index >= 15 is 0 Å². The zero-order chi connectivity index (χ0) is 26.0. The summed E-state index contributed by atoms with van der Waals surface area (Å²) in [5.74, 6) is 2.40. The maximum absolute atomic E-state index is 13.2. The number of methoxy groups -OCH3 is 1. The average molecular weight is 498 g/mol. The van der Waals surface area contributed by atoms with Crippen LogP contribution in [0.1, 0.15) is 61.0 Å². The van der Waals surface area contributed by atoms with Crippen LogP contribution in [0.3, 0.4) is 0 Å². The molecule has 0 aliphatic carbocycles. The molecule has 0 aliphatic heterocycles. The van der Waals surface area contributed by atoms with Crippen LogP contribution in [0, 0.1) is 0 Å². The average Bonchev–Trinajstić information content (AvgIpc) is 3.45. The van der Waals surface area contributed by atoms with Crippen molar-refractivity contribution in [1.29, 1.82) is 0 Å². The molecule has 192 valence electrons. The molecule has 4 aromatic rings. The van der Waals surface area contributed by atoms with Gasteiger partial charge in [0.25, 0.3) is 0 Å². The number of hydrogen-bond donors (Lipinski definition) is 1. The second kappa shape index (κ2) is 12.8. The van der Waals surface area contributed by atoms with Crippen LogP contribution in [-0.4, -0.2) is 25.7 Å². The zero-order valence-electron chi connectivity index (χ0n) is 21.7. The van der Waals surface area contributed by atoms with Crippen molar-refractivity contribution < 1.29 is 18.7 Å². The highest BCUT2D eigenvalue weighted by atomic mass is 16.5. The molecular weight excluding hydrogens is 462 g/mol. The van der Waals surface area contributed by atoms with Gasteiger partial charge in [0.15, 0.2) is 0 Å². The van der Waals surface area contributed by atoms with E-state index in [1.54, 1.807) is 13.4 Å². The number of rotatable bonds is 12. The maximum atomic E-state index is 13.2. The van der Waals surface area contributed by atoms with Crippen LogP contribution in [0.2, 0.25) is 0 Å². The van der Waals surface area contributed by atoms with Gasteiger partial charge in [0.05, 0.1) is 19.5 Å². The van der Waals surface area contributed by atoms with Gasteiger partial charge in [-0.15, -0.1) is 0 Å². The summed E-state index contributed by atoms with van der Waals surface area (Å²) in [6, 6.07) is 30.0. The summed E-state index contributed by atoms with van der Waals surface area (Å²) in [4.78, 5) is 13.2. The number of hydrogen-bond acceptors (Lipinski definition) is 4. The second-order valence-electron chi connectivity index (χ2n) is 9.35. The van der Waals surface area contributed by atoms with Gasteiger partial charge in [-0.25, -0.2) is 0 Å². The van der Waals surface area contributed by atoms with Gasteiger partial charge in [-0.2, -0.15) is 0 Å². The SMILES string of the molecule is COc1ccccc1[C@@H](CC(=O)NCC[C@@H](c1ccccc1)c1ccco1)c1ccc(OC(C)C)cc1. The Kier molecular flexibility index (Phi) is 9.03. The first-order valence-electron chi connectivity index (χ1n) is 12.8. The first-order chi connectivity index (χ1) is 18.0. The molecule has 0 saturated carbocycles. The Bertz CT molecular complexity index is 1230. The molecule has 1 N–H and O–H groups in total. The molecule has 0 aliphatic rings. The van der Waals surface area contributed by atoms with E-state index in [0.717, 1.165) is 34.8 Å². The predicted molar refractivity (Wildman–Crippen MR) is 146 cm³/mol. The Balaban J connectivity index is 1.48. The van der Waals surface area contributed by atoms with Gasteiger partial charge in [0, 0.05) is 30.4 Å². The topological polar surface area (TPSA) is 60.7 Å². The van der Waals surface area contributed by atoms with Crippen molar-refractivity contribution in [2.45, 2.75) is 44.6 Å². The van der Waals surface area contributed by atoms with E-state index in [-0.39, 0.29) is 23.8 Å². The number of para-hydroxylation sites is 1. The molecule has 1 heterocycles. The summed E-state index contributed by atoms with van der Waals surface area (Å²) in [7, 11) is 1.66. The summed E-state index contributed by atoms with van der Waals surface area (Å²) in [6.07, 6.45) is 2.84. The Hall–Kier alpha value is -3.99. The van der Waals surface area contributed by atoms with Gasteiger partial charge in [-0.05, 0) is 61.7 Å². The van der Waals surface area contributed by atoms with E-state index in [1.165, 1.54) is 5.56 Å². The number of nitrogens with one attached hydrogen (secondary N) is 1. The van der Waals surface area contributed by atoms with Crippen LogP contribution in [0.15, 0.2) is 102 Å². The Morgan fingerprint density at radius 1 is 0.838 bits per heavy atom. The summed E-state index contributed by atoms with van der Waals surface area (Å²) in [5, 5.41) is 3.14. The van der Waals surface area contributed by atoms with Crippen molar-refractivity contribution in [3.8, 4) is 11.5 Å². The minimum atomic E-state index is -0.153. The first kappa shape index (κ1) is 26.1. The Morgan fingerprint density at radius 3 is 2.22 bits per heavy atom. The molecule has 0 spiro atoms. The van der Waals surface area contributed by atoms with Crippen molar-refractivity contribution in [3.63, 3.8) is 0 Å². The van der Waals surface area contributed by atoms with E-state index in [4.69, 9.17) is 13.9 Å². The summed E-state index contributed by atoms with van der Waals surface area (Å²) < 4.78 is 17.2. The van der Waals surface area contributed by atoms with Crippen LogP contribution >= 0.6 is 0 Å². The standard InChI is InChI=1S/C32H35NO4/c1-23(2)37-26-17-15-25(16-18-26)29(28-12-7-8-13-30(28)35-3)22-32(34)33-20-19-27(31-14-9-21-36-31)24-10-5-4-6-11-24/h4-18,21,23,27,29H,19-20,22H2,1-3H3,(H,33,34)/t27-,29-/m0/s1. The molecule has 3 aromatic carbocycles. The molecule has 0 saturated heterocycles. The molecule has 5 nitrogen and oxygen atoms in total. The van der Waals surface area contributed by atoms with Crippen molar-refractivity contribution in [2.75, 3.05) is 13.7 Å². The third-order valence-electron chi connectivity index (χ3n) is 6.40. The quantitative estimate of drug-likeness (QED) is 0.230. The number of carbonyl (C=O) groups is 1. The van der Waals surface area contributed by atoms with Gasteiger partial charge in [0.1, 0.15) is 17.3 Å². The molecule has 0 fully saturated rings. The Labute approximate surface area is 219 Å². The number of ether oxygens (including phenoxy) is 2. The van der Waals surface area contributed by atoms with Gasteiger partial charge in [0.2, 0.25) is 5.91 Å². The highest BCUT2D eigenvalue weighted by Gasteiger charge is 2.23. The fourth-order valence-corrected chi connectivity index (χ4v) is 4.67. The predicted octanol–water partition coefficient (Wildman–Crippen LogP) is 6.94. The number of carbonyl (C=O) groups excluding carboxylic acids is 1. The van der Waals surface area contributed by atoms with Crippen molar-refractivity contribution in [2.24, 2.45) is 0 Å². The van der Waals surface area contributed by atoms with Gasteiger partial charge in [-0.1, -0.05) is 60.7 Å². The van der Waals surface area contributed by atoms with E-state index in [1.807, 2.05) is 92.7 Å². The van der Waals surface area contributed by atoms with E-state index in [2.05, 4.69) is 17.4 Å². The smallest absolute Gasteiger partial charge is 0.220 e. The molecule has 4 rings (SSSR count). The normalized spacial score (nSPS) is 12.6. The van der Waals surface area contributed by atoms with Crippen molar-refractivity contribution in [3.05, 3.63) is 120 Å². The fraction of sp³-hybridized carbons (Fsp3) is 0.281.